The number of ketones is 1. The number of nitrogens with zero attached hydrogens (tertiary/aromatic N) is 1. The molecule has 1 heterocycles. The molecule has 3 nitrogen and oxygen atoms in total. The molecule has 0 saturated carbocycles. The minimum absolute atomic E-state index is 0.0481. The zero-order valence-corrected chi connectivity index (χ0v) is 11.2. The number of likely N-dealkylation sites (tertiary alicyclic amines) is 1. The summed E-state index contributed by atoms with van der Waals surface area (Å²) in [6.45, 7) is 6.31. The third-order valence-corrected chi connectivity index (χ3v) is 3.69. The number of carbonyl (C=O) groups excluding carboxylic acids is 2. The predicted molar refractivity (Wildman–Crippen MR) is 70.5 cm³/mol. The summed E-state index contributed by atoms with van der Waals surface area (Å²) in [6, 6.07) is 7.50. The Labute approximate surface area is 108 Å². The first-order valence-corrected chi connectivity index (χ1v) is 6.35. The Kier molecular flexibility index (Phi) is 3.24. The van der Waals surface area contributed by atoms with Crippen LogP contribution in [0.25, 0.3) is 0 Å². The summed E-state index contributed by atoms with van der Waals surface area (Å²) < 4.78 is 0. The van der Waals surface area contributed by atoms with Gasteiger partial charge in [0.15, 0.2) is 5.78 Å². The maximum Gasteiger partial charge on any atom is 0.254 e. The number of hydrogen-bond donors (Lipinski definition) is 0. The van der Waals surface area contributed by atoms with E-state index >= 15 is 0 Å². The summed E-state index contributed by atoms with van der Waals surface area (Å²) in [7, 11) is 0. The maximum atomic E-state index is 12.4. The fraction of sp³-hybridized carbons (Fsp3) is 0.467. The van der Waals surface area contributed by atoms with E-state index in [1.54, 1.807) is 4.90 Å². The van der Waals surface area contributed by atoms with Crippen molar-refractivity contribution in [2.24, 2.45) is 0 Å². The zero-order valence-electron chi connectivity index (χ0n) is 11.2. The van der Waals surface area contributed by atoms with Crippen LogP contribution in [0.2, 0.25) is 0 Å². The highest BCUT2D eigenvalue weighted by molar-refractivity contribution is 6.00. The molecule has 1 aliphatic rings. The highest BCUT2D eigenvalue weighted by Gasteiger charge is 2.40. The van der Waals surface area contributed by atoms with E-state index < -0.39 is 5.54 Å². The van der Waals surface area contributed by atoms with E-state index in [1.807, 2.05) is 45.0 Å². The predicted octanol–water partition coefficient (Wildman–Crippen LogP) is 2.58. The molecule has 96 valence electrons. The molecule has 0 aromatic heterocycles. The number of rotatable bonds is 1. The van der Waals surface area contributed by atoms with Gasteiger partial charge in [0.2, 0.25) is 0 Å². The van der Waals surface area contributed by atoms with Gasteiger partial charge in [-0.05, 0) is 39.3 Å². The highest BCUT2D eigenvalue weighted by Crippen LogP contribution is 2.26. The molecule has 0 radical (unpaired) electrons. The second kappa shape index (κ2) is 4.56. The molecule has 3 heteroatoms. The smallest absolute Gasteiger partial charge is 0.254 e. The third-order valence-electron chi connectivity index (χ3n) is 3.69. The van der Waals surface area contributed by atoms with Crippen molar-refractivity contribution < 1.29 is 9.59 Å². The van der Waals surface area contributed by atoms with Crippen LogP contribution in [0.1, 0.15) is 42.6 Å². The van der Waals surface area contributed by atoms with E-state index in [4.69, 9.17) is 0 Å². The van der Waals surface area contributed by atoms with E-state index in [2.05, 4.69) is 0 Å². The normalized spacial score (nSPS) is 18.8. The molecular weight excluding hydrogens is 226 g/mol. The van der Waals surface area contributed by atoms with Crippen LogP contribution in [-0.4, -0.2) is 28.7 Å². The van der Waals surface area contributed by atoms with E-state index in [1.165, 1.54) is 0 Å². The summed E-state index contributed by atoms with van der Waals surface area (Å²) >= 11 is 0. The van der Waals surface area contributed by atoms with Crippen LogP contribution in [0.15, 0.2) is 24.3 Å². The van der Waals surface area contributed by atoms with Crippen LogP contribution in [0.3, 0.4) is 0 Å². The van der Waals surface area contributed by atoms with Crippen molar-refractivity contribution in [3.8, 4) is 0 Å². The second-order valence-corrected chi connectivity index (χ2v) is 5.41. The van der Waals surface area contributed by atoms with E-state index in [9.17, 15) is 9.59 Å². The van der Waals surface area contributed by atoms with Gasteiger partial charge in [0.05, 0.1) is 5.54 Å². The van der Waals surface area contributed by atoms with Crippen molar-refractivity contribution in [2.75, 3.05) is 6.54 Å². The van der Waals surface area contributed by atoms with E-state index in [-0.39, 0.29) is 11.7 Å². The Morgan fingerprint density at radius 3 is 2.44 bits per heavy atom. The highest BCUT2D eigenvalue weighted by atomic mass is 16.2. The fourth-order valence-corrected chi connectivity index (χ4v) is 2.34. The fourth-order valence-electron chi connectivity index (χ4n) is 2.34. The molecule has 0 N–H and O–H groups in total. The van der Waals surface area contributed by atoms with Crippen LogP contribution in [0.4, 0.5) is 0 Å². The molecule has 0 bridgehead atoms. The number of aryl methyl sites for hydroxylation is 1. The number of hydrogen-bond acceptors (Lipinski definition) is 2. The summed E-state index contributed by atoms with van der Waals surface area (Å²) in [5.74, 6) is 0.0993. The second-order valence-electron chi connectivity index (χ2n) is 5.41. The molecule has 0 spiro atoms. The summed E-state index contributed by atoms with van der Waals surface area (Å²) in [6.07, 6.45) is 1.34. The number of Topliss-reactive ketones (excluding diaryl/α,β-unsaturated/α-hetero) is 1. The van der Waals surface area contributed by atoms with Crippen molar-refractivity contribution >= 4 is 11.7 Å². The van der Waals surface area contributed by atoms with Gasteiger partial charge in [-0.15, -0.1) is 0 Å². The van der Waals surface area contributed by atoms with Crippen LogP contribution in [0.5, 0.6) is 0 Å². The van der Waals surface area contributed by atoms with Gasteiger partial charge in [-0.3, -0.25) is 9.59 Å². The summed E-state index contributed by atoms with van der Waals surface area (Å²) in [4.78, 5) is 26.1. The first-order valence-electron chi connectivity index (χ1n) is 6.35. The van der Waals surface area contributed by atoms with Crippen molar-refractivity contribution in [2.45, 2.75) is 39.2 Å². The quantitative estimate of drug-likeness (QED) is 0.762. The van der Waals surface area contributed by atoms with Crippen molar-refractivity contribution in [3.05, 3.63) is 35.4 Å². The average molecular weight is 245 g/mol. The van der Waals surface area contributed by atoms with Crippen LogP contribution in [-0.2, 0) is 4.79 Å². The molecule has 1 aromatic rings. The number of piperidine rings is 1. The lowest BCUT2D eigenvalue weighted by molar-refractivity contribution is -0.130. The molecule has 1 saturated heterocycles. The van der Waals surface area contributed by atoms with Gasteiger partial charge in [0.1, 0.15) is 0 Å². The lowest BCUT2D eigenvalue weighted by Gasteiger charge is -2.41. The Hall–Kier alpha value is -1.64. The van der Waals surface area contributed by atoms with E-state index in [0.717, 1.165) is 12.0 Å². The Bertz CT molecular complexity index is 474. The van der Waals surface area contributed by atoms with Crippen molar-refractivity contribution in [1.82, 2.24) is 4.90 Å². The monoisotopic (exact) mass is 245 g/mol. The number of amides is 1. The van der Waals surface area contributed by atoms with Crippen LogP contribution >= 0.6 is 0 Å². The zero-order chi connectivity index (χ0) is 13.3. The van der Waals surface area contributed by atoms with Gasteiger partial charge in [0, 0.05) is 18.5 Å². The molecule has 18 heavy (non-hydrogen) atoms. The van der Waals surface area contributed by atoms with Crippen LogP contribution < -0.4 is 0 Å². The standard InChI is InChI=1S/C15H19NO2/c1-11-6-8-12(9-7-11)14(18)16-10-4-5-13(17)15(16,2)3/h6-9H,4-5,10H2,1-3H3. The van der Waals surface area contributed by atoms with Crippen LogP contribution in [0, 0.1) is 6.92 Å². The van der Waals surface area contributed by atoms with Gasteiger partial charge in [0.25, 0.3) is 5.91 Å². The molecule has 0 atom stereocenters. The number of carbonyl (C=O) groups is 2. The van der Waals surface area contributed by atoms with Crippen molar-refractivity contribution in [3.63, 3.8) is 0 Å². The maximum absolute atomic E-state index is 12.4. The Balaban J connectivity index is 2.28. The number of benzene rings is 1. The largest absolute Gasteiger partial charge is 0.326 e. The molecule has 0 aliphatic carbocycles. The molecular formula is C15H19NO2. The lowest BCUT2D eigenvalue weighted by Crippen LogP contribution is -2.56. The topological polar surface area (TPSA) is 37.4 Å². The molecule has 1 amide bonds. The van der Waals surface area contributed by atoms with Gasteiger partial charge >= 0.3 is 0 Å². The minimum atomic E-state index is -0.680. The van der Waals surface area contributed by atoms with Crippen molar-refractivity contribution in [1.29, 1.82) is 0 Å². The average Bonchev–Trinajstić information content (AvgIpc) is 2.33. The Morgan fingerprint density at radius 2 is 1.83 bits per heavy atom. The molecule has 1 aromatic carbocycles. The third kappa shape index (κ3) is 2.17. The van der Waals surface area contributed by atoms with E-state index in [0.29, 0.717) is 18.5 Å². The molecule has 1 aliphatic heterocycles. The van der Waals surface area contributed by atoms with Gasteiger partial charge < -0.3 is 4.90 Å². The minimum Gasteiger partial charge on any atom is -0.326 e. The molecule has 2 rings (SSSR count). The summed E-state index contributed by atoms with van der Waals surface area (Å²) in [5.41, 5.74) is 1.10. The molecule has 1 fully saturated rings. The first-order chi connectivity index (χ1) is 8.43. The van der Waals surface area contributed by atoms with Gasteiger partial charge in [-0.2, -0.15) is 0 Å². The lowest BCUT2D eigenvalue weighted by atomic mass is 9.88. The van der Waals surface area contributed by atoms with Gasteiger partial charge in [-0.1, -0.05) is 17.7 Å². The Morgan fingerprint density at radius 1 is 1.22 bits per heavy atom. The first kappa shape index (κ1) is 12.8. The van der Waals surface area contributed by atoms with Gasteiger partial charge in [-0.25, -0.2) is 0 Å². The SMILES string of the molecule is Cc1ccc(C(=O)N2CCCC(=O)C2(C)C)cc1. The molecule has 0 unspecified atom stereocenters. The summed E-state index contributed by atoms with van der Waals surface area (Å²) in [5, 5.41) is 0.